The second kappa shape index (κ2) is 6.46. The second-order valence-corrected chi connectivity index (χ2v) is 6.43. The lowest BCUT2D eigenvalue weighted by molar-refractivity contribution is 0.567. The smallest absolute Gasteiger partial charge is 0.0897 e. The number of hydrogen-bond acceptors (Lipinski definition) is 4. The maximum absolute atomic E-state index is 4.57. The first kappa shape index (κ1) is 15.1. The molecule has 0 aromatic carbocycles. The third-order valence-corrected chi connectivity index (χ3v) is 4.34. The summed E-state index contributed by atoms with van der Waals surface area (Å²) >= 11 is 1.72. The number of aryl methyl sites for hydroxylation is 4. The molecule has 2 heterocycles. The van der Waals surface area contributed by atoms with Crippen LogP contribution in [0.1, 0.15) is 46.2 Å². The molecular formula is C16H23N3S. The molecule has 1 N–H and O–H groups in total. The van der Waals surface area contributed by atoms with Gasteiger partial charge in [-0.15, -0.1) is 11.3 Å². The summed E-state index contributed by atoms with van der Waals surface area (Å²) in [5.74, 6) is 0. The fourth-order valence-corrected chi connectivity index (χ4v) is 3.38. The van der Waals surface area contributed by atoms with E-state index in [9.17, 15) is 0 Å². The van der Waals surface area contributed by atoms with E-state index < -0.39 is 0 Å². The van der Waals surface area contributed by atoms with Crippen LogP contribution in [0.4, 0.5) is 0 Å². The molecule has 4 heteroatoms. The second-order valence-electron chi connectivity index (χ2n) is 5.36. The zero-order chi connectivity index (χ0) is 14.7. The third-order valence-electron chi connectivity index (χ3n) is 3.52. The Labute approximate surface area is 125 Å². The summed E-state index contributed by atoms with van der Waals surface area (Å²) in [6.07, 6.45) is 0.978. The molecule has 20 heavy (non-hydrogen) atoms. The summed E-state index contributed by atoms with van der Waals surface area (Å²) in [6, 6.07) is 2.48. The quantitative estimate of drug-likeness (QED) is 0.912. The van der Waals surface area contributed by atoms with Crippen LogP contribution in [0.25, 0.3) is 0 Å². The summed E-state index contributed by atoms with van der Waals surface area (Å²) < 4.78 is 0. The van der Waals surface area contributed by atoms with E-state index in [4.69, 9.17) is 0 Å². The zero-order valence-electron chi connectivity index (χ0n) is 12.9. The van der Waals surface area contributed by atoms with Gasteiger partial charge in [0, 0.05) is 35.8 Å². The number of rotatable bonds is 5. The van der Waals surface area contributed by atoms with Crippen LogP contribution in [-0.2, 0) is 6.42 Å². The predicted molar refractivity (Wildman–Crippen MR) is 85.4 cm³/mol. The number of hydrogen-bond donors (Lipinski definition) is 1. The normalized spacial score (nSPS) is 12.7. The lowest BCUT2D eigenvalue weighted by Gasteiger charge is -2.19. The minimum absolute atomic E-state index is 0.322. The van der Waals surface area contributed by atoms with Crippen molar-refractivity contribution in [3.05, 3.63) is 44.7 Å². The molecule has 2 rings (SSSR count). The minimum atomic E-state index is 0.322. The molecule has 0 bridgehead atoms. The van der Waals surface area contributed by atoms with Gasteiger partial charge >= 0.3 is 0 Å². The third kappa shape index (κ3) is 3.64. The number of pyridine rings is 1. The standard InChI is InChI=1S/C16H23N3S/c1-10-8-11(2)18-13(4)16(10)12(3)17-7-6-15-9-20-14(5)19-15/h8-9,12,17H,6-7H2,1-5H3. The van der Waals surface area contributed by atoms with E-state index in [0.29, 0.717) is 6.04 Å². The fourth-order valence-electron chi connectivity index (χ4n) is 2.73. The van der Waals surface area contributed by atoms with Crippen LogP contribution < -0.4 is 5.32 Å². The minimum Gasteiger partial charge on any atom is -0.310 e. The SMILES string of the molecule is Cc1cc(C)c(C(C)NCCc2csc(C)n2)c(C)n1. The summed E-state index contributed by atoms with van der Waals surface area (Å²) in [5, 5.41) is 6.87. The largest absolute Gasteiger partial charge is 0.310 e. The van der Waals surface area contributed by atoms with Crippen LogP contribution in [0.15, 0.2) is 11.4 Å². The van der Waals surface area contributed by atoms with Crippen LogP contribution in [0.2, 0.25) is 0 Å². The molecule has 0 aliphatic carbocycles. The van der Waals surface area contributed by atoms with Crippen molar-refractivity contribution < 1.29 is 0 Å². The predicted octanol–water partition coefficient (Wildman–Crippen LogP) is 3.67. The van der Waals surface area contributed by atoms with Crippen molar-refractivity contribution in [3.8, 4) is 0 Å². The zero-order valence-corrected chi connectivity index (χ0v) is 13.8. The molecule has 0 radical (unpaired) electrons. The highest BCUT2D eigenvalue weighted by atomic mass is 32.1. The van der Waals surface area contributed by atoms with E-state index in [-0.39, 0.29) is 0 Å². The average Bonchev–Trinajstić information content (AvgIpc) is 2.73. The van der Waals surface area contributed by atoms with E-state index in [1.807, 2.05) is 6.92 Å². The highest BCUT2D eigenvalue weighted by molar-refractivity contribution is 7.09. The molecule has 0 aliphatic rings. The van der Waals surface area contributed by atoms with Gasteiger partial charge < -0.3 is 5.32 Å². The van der Waals surface area contributed by atoms with Crippen molar-refractivity contribution in [1.82, 2.24) is 15.3 Å². The molecule has 0 spiro atoms. The Morgan fingerprint density at radius 3 is 2.55 bits per heavy atom. The molecule has 0 aliphatic heterocycles. The Hall–Kier alpha value is -1.26. The molecule has 3 nitrogen and oxygen atoms in total. The topological polar surface area (TPSA) is 37.8 Å². The van der Waals surface area contributed by atoms with Gasteiger partial charge in [-0.05, 0) is 51.8 Å². The molecule has 0 fully saturated rings. The van der Waals surface area contributed by atoms with Crippen LogP contribution in [0.3, 0.4) is 0 Å². The molecule has 1 atom stereocenters. The van der Waals surface area contributed by atoms with Crippen molar-refractivity contribution >= 4 is 11.3 Å². The van der Waals surface area contributed by atoms with Crippen LogP contribution >= 0.6 is 11.3 Å². The first-order chi connectivity index (χ1) is 9.47. The Morgan fingerprint density at radius 2 is 1.95 bits per heavy atom. The maximum Gasteiger partial charge on any atom is 0.0897 e. The van der Waals surface area contributed by atoms with E-state index in [0.717, 1.165) is 29.4 Å². The maximum atomic E-state index is 4.57. The van der Waals surface area contributed by atoms with Gasteiger partial charge in [-0.25, -0.2) is 4.98 Å². The molecule has 0 saturated heterocycles. The van der Waals surface area contributed by atoms with Crippen molar-refractivity contribution in [1.29, 1.82) is 0 Å². The van der Waals surface area contributed by atoms with Crippen molar-refractivity contribution in [2.24, 2.45) is 0 Å². The van der Waals surface area contributed by atoms with Crippen molar-refractivity contribution in [3.63, 3.8) is 0 Å². The van der Waals surface area contributed by atoms with Gasteiger partial charge in [-0.3, -0.25) is 4.98 Å². The van der Waals surface area contributed by atoms with Crippen LogP contribution in [0.5, 0.6) is 0 Å². The Bertz CT molecular complexity index is 566. The molecule has 2 aromatic rings. The molecule has 1 unspecified atom stereocenters. The van der Waals surface area contributed by atoms with Gasteiger partial charge in [0.05, 0.1) is 10.7 Å². The number of nitrogens with one attached hydrogen (secondary N) is 1. The van der Waals surface area contributed by atoms with Gasteiger partial charge in [0.15, 0.2) is 0 Å². The summed E-state index contributed by atoms with van der Waals surface area (Å²) in [7, 11) is 0. The van der Waals surface area contributed by atoms with Crippen molar-refractivity contribution in [2.75, 3.05) is 6.54 Å². The van der Waals surface area contributed by atoms with E-state index in [2.05, 4.69) is 54.4 Å². The first-order valence-electron chi connectivity index (χ1n) is 7.06. The average molecular weight is 289 g/mol. The highest BCUT2D eigenvalue weighted by Gasteiger charge is 2.12. The van der Waals surface area contributed by atoms with Crippen LogP contribution in [-0.4, -0.2) is 16.5 Å². The molecular weight excluding hydrogens is 266 g/mol. The monoisotopic (exact) mass is 289 g/mol. The number of thiazole rings is 1. The van der Waals surface area contributed by atoms with E-state index >= 15 is 0 Å². The Kier molecular flexibility index (Phi) is 4.89. The number of nitrogens with zero attached hydrogens (tertiary/aromatic N) is 2. The lowest BCUT2D eigenvalue weighted by atomic mass is 10.0. The van der Waals surface area contributed by atoms with Gasteiger partial charge in [-0.1, -0.05) is 0 Å². The summed E-state index contributed by atoms with van der Waals surface area (Å²) in [5.41, 5.74) is 6.05. The first-order valence-corrected chi connectivity index (χ1v) is 7.94. The van der Waals surface area contributed by atoms with Crippen LogP contribution in [0, 0.1) is 27.7 Å². The Morgan fingerprint density at radius 1 is 1.20 bits per heavy atom. The Balaban J connectivity index is 1.96. The van der Waals surface area contributed by atoms with Crippen molar-refractivity contribution in [2.45, 2.75) is 47.1 Å². The van der Waals surface area contributed by atoms with E-state index in [1.165, 1.54) is 16.8 Å². The molecule has 0 amide bonds. The fraction of sp³-hybridized carbons (Fsp3) is 0.500. The summed E-state index contributed by atoms with van der Waals surface area (Å²) in [4.78, 5) is 9.07. The van der Waals surface area contributed by atoms with Gasteiger partial charge in [0.25, 0.3) is 0 Å². The lowest BCUT2D eigenvalue weighted by Crippen LogP contribution is -2.23. The van der Waals surface area contributed by atoms with Gasteiger partial charge in [0.2, 0.25) is 0 Å². The van der Waals surface area contributed by atoms with Gasteiger partial charge in [0.1, 0.15) is 0 Å². The molecule has 0 saturated carbocycles. The molecule has 2 aromatic heterocycles. The molecule has 108 valence electrons. The summed E-state index contributed by atoms with van der Waals surface area (Å²) in [6.45, 7) is 11.5. The van der Waals surface area contributed by atoms with E-state index in [1.54, 1.807) is 11.3 Å². The number of aromatic nitrogens is 2. The van der Waals surface area contributed by atoms with Gasteiger partial charge in [-0.2, -0.15) is 0 Å². The highest BCUT2D eigenvalue weighted by Crippen LogP contribution is 2.21.